The molecule has 1 aromatic heterocycles. The molecule has 0 spiro atoms. The molecule has 0 N–H and O–H groups in total. The summed E-state index contributed by atoms with van der Waals surface area (Å²) < 4.78 is 6.60. The Morgan fingerprint density at radius 2 is 2.08 bits per heavy atom. The second-order valence-electron chi connectivity index (χ2n) is 2.71. The third kappa shape index (κ3) is 1.85. The van der Waals surface area contributed by atoms with E-state index in [1.165, 1.54) is 10.0 Å². The van der Waals surface area contributed by atoms with Crippen molar-refractivity contribution < 1.29 is 4.74 Å². The number of hydrogen-bond acceptors (Lipinski definition) is 1. The molecule has 0 saturated carbocycles. The zero-order valence-corrected chi connectivity index (χ0v) is 9.07. The number of hydrogen-bond donors (Lipinski definition) is 0. The van der Waals surface area contributed by atoms with E-state index in [9.17, 15) is 0 Å². The van der Waals surface area contributed by atoms with Gasteiger partial charge in [-0.05, 0) is 0 Å². The Kier molecular flexibility index (Phi) is 2.53. The van der Waals surface area contributed by atoms with Gasteiger partial charge in [-0.1, -0.05) is 0 Å². The molecule has 0 amide bonds. The zero-order valence-electron chi connectivity index (χ0n) is 7.36. The Labute approximate surface area is 83.7 Å². The van der Waals surface area contributed by atoms with Crippen LogP contribution in [-0.2, 0) is 0 Å². The van der Waals surface area contributed by atoms with Crippen molar-refractivity contribution in [1.29, 1.82) is 0 Å². The molecule has 0 bridgehead atoms. The maximum atomic E-state index is 5.17. The van der Waals surface area contributed by atoms with Gasteiger partial charge < -0.3 is 0 Å². The molecule has 1 heterocycles. The first-order valence-corrected chi connectivity index (χ1v) is 5.92. The van der Waals surface area contributed by atoms with Crippen LogP contribution in [0.3, 0.4) is 0 Å². The molecule has 13 heavy (non-hydrogen) atoms. The average molecular weight is 237 g/mol. The van der Waals surface area contributed by atoms with Gasteiger partial charge in [0.05, 0.1) is 0 Å². The van der Waals surface area contributed by atoms with Crippen LogP contribution in [0.15, 0.2) is 41.3 Å². The molecular weight excluding hydrogens is 227 g/mol. The molecular formula is C11H10OSe. The van der Waals surface area contributed by atoms with Crippen molar-refractivity contribution >= 4 is 14.5 Å². The van der Waals surface area contributed by atoms with Crippen molar-refractivity contribution in [3.8, 4) is 15.8 Å². The van der Waals surface area contributed by atoms with E-state index in [2.05, 4.69) is 29.2 Å². The fourth-order valence-corrected chi connectivity index (χ4v) is 2.74. The predicted octanol–water partition coefficient (Wildman–Crippen LogP) is 2.42. The fourth-order valence-electron chi connectivity index (χ4n) is 1.22. The Hall–Kier alpha value is -0.981. The first-order valence-electron chi connectivity index (χ1n) is 4.08. The summed E-state index contributed by atoms with van der Waals surface area (Å²) in [5.41, 5.74) is 1.28. The molecule has 0 aliphatic rings. The molecule has 0 aliphatic carbocycles. The van der Waals surface area contributed by atoms with Crippen molar-refractivity contribution in [3.63, 3.8) is 0 Å². The molecule has 0 radical (unpaired) electrons. The van der Waals surface area contributed by atoms with Crippen molar-refractivity contribution in [2.45, 2.75) is 0 Å². The van der Waals surface area contributed by atoms with Gasteiger partial charge in [-0.15, -0.1) is 0 Å². The molecule has 2 aromatic rings. The SMILES string of the molecule is COc1cccc(-c2ccc[se]2)c1. The van der Waals surface area contributed by atoms with Gasteiger partial charge in [0.2, 0.25) is 0 Å². The van der Waals surface area contributed by atoms with Crippen LogP contribution in [0.4, 0.5) is 0 Å². The fraction of sp³-hybridized carbons (Fsp3) is 0.0909. The first kappa shape index (κ1) is 8.61. The van der Waals surface area contributed by atoms with E-state index in [1.54, 1.807) is 7.11 Å². The summed E-state index contributed by atoms with van der Waals surface area (Å²) in [4.78, 5) is 2.22. The van der Waals surface area contributed by atoms with Crippen molar-refractivity contribution in [2.24, 2.45) is 0 Å². The Bertz CT molecular complexity index is 379. The van der Waals surface area contributed by atoms with E-state index in [-0.39, 0.29) is 0 Å². The normalized spacial score (nSPS) is 9.92. The van der Waals surface area contributed by atoms with Crippen molar-refractivity contribution in [3.05, 3.63) is 41.3 Å². The number of rotatable bonds is 2. The monoisotopic (exact) mass is 238 g/mol. The molecule has 0 atom stereocenters. The topological polar surface area (TPSA) is 9.23 Å². The van der Waals surface area contributed by atoms with E-state index in [4.69, 9.17) is 4.74 Å². The van der Waals surface area contributed by atoms with Crippen LogP contribution in [0, 0.1) is 0 Å². The van der Waals surface area contributed by atoms with E-state index in [0.717, 1.165) is 5.75 Å². The van der Waals surface area contributed by atoms with E-state index < -0.39 is 0 Å². The number of methoxy groups -OCH3 is 1. The molecule has 1 nitrogen and oxygen atoms in total. The molecule has 0 aliphatic heterocycles. The van der Waals surface area contributed by atoms with Crippen LogP contribution in [0.1, 0.15) is 0 Å². The third-order valence-electron chi connectivity index (χ3n) is 1.88. The summed E-state index contributed by atoms with van der Waals surface area (Å²) in [6.45, 7) is 0. The number of benzene rings is 1. The van der Waals surface area contributed by atoms with Gasteiger partial charge in [-0.3, -0.25) is 0 Å². The summed E-state index contributed by atoms with van der Waals surface area (Å²) in [5.74, 6) is 0.932. The standard InChI is InChI=1S/C11H10OSe/c1-12-10-5-2-4-9(8-10)11-6-3-7-13-11/h2-8H,1H3. The Balaban J connectivity index is 2.41. The third-order valence-corrected chi connectivity index (χ3v) is 3.80. The molecule has 0 unspecified atom stereocenters. The summed E-state index contributed by atoms with van der Waals surface area (Å²) in [5, 5.41) is 0. The van der Waals surface area contributed by atoms with Crippen LogP contribution >= 0.6 is 0 Å². The van der Waals surface area contributed by atoms with E-state index >= 15 is 0 Å². The summed E-state index contributed by atoms with van der Waals surface area (Å²) in [6.07, 6.45) is 0. The van der Waals surface area contributed by atoms with Crippen LogP contribution in [-0.4, -0.2) is 21.6 Å². The van der Waals surface area contributed by atoms with Gasteiger partial charge >= 0.3 is 83.4 Å². The van der Waals surface area contributed by atoms with Gasteiger partial charge in [0.15, 0.2) is 0 Å². The molecule has 0 fully saturated rings. The quantitative estimate of drug-likeness (QED) is 0.729. The first-order chi connectivity index (χ1) is 6.40. The van der Waals surface area contributed by atoms with Crippen LogP contribution in [0.2, 0.25) is 0 Å². The maximum absolute atomic E-state index is 5.17. The van der Waals surface area contributed by atoms with Crippen LogP contribution in [0.25, 0.3) is 10.0 Å². The number of ether oxygens (including phenoxy) is 1. The molecule has 1 aromatic carbocycles. The van der Waals surface area contributed by atoms with Gasteiger partial charge in [0.25, 0.3) is 0 Å². The zero-order chi connectivity index (χ0) is 9.10. The van der Waals surface area contributed by atoms with Crippen molar-refractivity contribution in [2.75, 3.05) is 7.11 Å². The van der Waals surface area contributed by atoms with Gasteiger partial charge in [0.1, 0.15) is 0 Å². The summed E-state index contributed by atoms with van der Waals surface area (Å²) in [6, 6.07) is 12.5. The van der Waals surface area contributed by atoms with Crippen molar-refractivity contribution in [1.82, 2.24) is 0 Å². The molecule has 66 valence electrons. The molecule has 2 heteroatoms. The van der Waals surface area contributed by atoms with Crippen LogP contribution in [0.5, 0.6) is 5.75 Å². The Morgan fingerprint density at radius 1 is 1.15 bits per heavy atom. The predicted molar refractivity (Wildman–Crippen MR) is 55.4 cm³/mol. The summed E-state index contributed by atoms with van der Waals surface area (Å²) >= 11 is 0.506. The average Bonchev–Trinajstić information content (AvgIpc) is 2.71. The molecule has 0 saturated heterocycles. The Morgan fingerprint density at radius 3 is 2.77 bits per heavy atom. The van der Waals surface area contributed by atoms with E-state index in [0.29, 0.717) is 14.5 Å². The van der Waals surface area contributed by atoms with Gasteiger partial charge in [-0.2, -0.15) is 0 Å². The van der Waals surface area contributed by atoms with Gasteiger partial charge in [-0.25, -0.2) is 0 Å². The van der Waals surface area contributed by atoms with Crippen LogP contribution < -0.4 is 4.74 Å². The second-order valence-corrected chi connectivity index (χ2v) is 4.70. The summed E-state index contributed by atoms with van der Waals surface area (Å²) in [7, 11) is 1.70. The van der Waals surface area contributed by atoms with E-state index in [1.807, 2.05) is 12.1 Å². The molecule has 2 rings (SSSR count). The second kappa shape index (κ2) is 3.82. The minimum atomic E-state index is 0.506. The minimum absolute atomic E-state index is 0.506. The van der Waals surface area contributed by atoms with Gasteiger partial charge in [0, 0.05) is 0 Å².